The van der Waals surface area contributed by atoms with Crippen molar-refractivity contribution in [2.24, 2.45) is 0 Å². The number of fused-ring (bicyclic) bond motifs is 1. The van der Waals surface area contributed by atoms with Crippen LogP contribution in [0, 0.1) is 0 Å². The van der Waals surface area contributed by atoms with Gasteiger partial charge in [0.25, 0.3) is 0 Å². The van der Waals surface area contributed by atoms with Crippen molar-refractivity contribution >= 4 is 23.3 Å². The Morgan fingerprint density at radius 2 is 1.86 bits per heavy atom. The summed E-state index contributed by atoms with van der Waals surface area (Å²) in [6, 6.07) is 4.92. The molecule has 2 N–H and O–H groups in total. The molecule has 1 aliphatic heterocycles. The van der Waals surface area contributed by atoms with Gasteiger partial charge in [-0.05, 0) is 44.7 Å². The molecule has 28 heavy (non-hydrogen) atoms. The summed E-state index contributed by atoms with van der Waals surface area (Å²) in [5.74, 6) is 1.09. The van der Waals surface area contributed by atoms with Gasteiger partial charge in [0, 0.05) is 36.5 Å². The first-order valence-corrected chi connectivity index (χ1v) is 10.0. The first-order valence-electron chi connectivity index (χ1n) is 9.06. The lowest BCUT2D eigenvalue weighted by Crippen LogP contribution is -2.20. The van der Waals surface area contributed by atoms with Crippen LogP contribution in [-0.2, 0) is 19.0 Å². The summed E-state index contributed by atoms with van der Waals surface area (Å²) in [6.45, 7) is 3.44. The van der Waals surface area contributed by atoms with Gasteiger partial charge in [0.1, 0.15) is 5.82 Å². The average Bonchev–Trinajstić information content (AvgIpc) is 2.82. The molecule has 2 aromatic rings. The van der Waals surface area contributed by atoms with Gasteiger partial charge >= 0.3 is 6.18 Å². The second-order valence-electron chi connectivity index (χ2n) is 6.94. The highest BCUT2D eigenvalue weighted by atomic mass is 32.2. The number of nitrogens with zero attached hydrogens (tertiary/aromatic N) is 3. The maximum absolute atomic E-state index is 12.8. The highest BCUT2D eigenvalue weighted by Gasteiger charge is 2.30. The van der Waals surface area contributed by atoms with E-state index in [-0.39, 0.29) is 0 Å². The number of aromatic nitrogens is 2. The quantitative estimate of drug-likeness (QED) is 0.576. The third-order valence-electron chi connectivity index (χ3n) is 4.47. The van der Waals surface area contributed by atoms with Crippen molar-refractivity contribution in [3.8, 4) is 0 Å². The van der Waals surface area contributed by atoms with E-state index in [9.17, 15) is 18.3 Å². The van der Waals surface area contributed by atoms with E-state index >= 15 is 0 Å². The molecule has 0 amide bonds. The van der Waals surface area contributed by atoms with Gasteiger partial charge in [-0.1, -0.05) is 11.8 Å². The van der Waals surface area contributed by atoms with Crippen LogP contribution < -0.4 is 5.32 Å². The summed E-state index contributed by atoms with van der Waals surface area (Å²) in [6.07, 6.45) is -3.31. The molecule has 152 valence electrons. The van der Waals surface area contributed by atoms with Gasteiger partial charge in [-0.3, -0.25) is 0 Å². The van der Waals surface area contributed by atoms with E-state index in [0.717, 1.165) is 49.3 Å². The number of alkyl halides is 3. The number of nitrogens with one attached hydrogen (secondary N) is 1. The van der Waals surface area contributed by atoms with Crippen LogP contribution in [0.15, 0.2) is 29.4 Å². The van der Waals surface area contributed by atoms with Crippen molar-refractivity contribution in [3.05, 3.63) is 41.1 Å². The molecule has 5 nitrogen and oxygen atoms in total. The van der Waals surface area contributed by atoms with E-state index < -0.39 is 17.8 Å². The number of halogens is 3. The Bertz CT molecular complexity index is 812. The molecular weight excluding hydrogens is 389 g/mol. The molecule has 0 radical (unpaired) electrons. The fraction of sp³-hybridized carbons (Fsp3) is 0.474. The van der Waals surface area contributed by atoms with Crippen molar-refractivity contribution in [1.29, 1.82) is 0 Å². The molecule has 0 spiro atoms. The van der Waals surface area contributed by atoms with Gasteiger partial charge < -0.3 is 15.3 Å². The first-order chi connectivity index (χ1) is 13.2. The van der Waals surface area contributed by atoms with E-state index in [1.54, 1.807) is 6.92 Å². The summed E-state index contributed by atoms with van der Waals surface area (Å²) in [7, 11) is 2.05. The van der Waals surface area contributed by atoms with E-state index in [0.29, 0.717) is 22.4 Å². The van der Waals surface area contributed by atoms with Crippen LogP contribution >= 0.6 is 11.8 Å². The zero-order chi connectivity index (χ0) is 20.3. The fourth-order valence-electron chi connectivity index (χ4n) is 2.93. The highest BCUT2D eigenvalue weighted by molar-refractivity contribution is 7.99. The summed E-state index contributed by atoms with van der Waals surface area (Å²) in [4.78, 5) is 11.4. The first kappa shape index (κ1) is 20.9. The smallest absolute Gasteiger partial charge is 0.393 e. The molecule has 0 aliphatic carbocycles. The Morgan fingerprint density at radius 1 is 1.18 bits per heavy atom. The largest absolute Gasteiger partial charge is 0.416 e. The van der Waals surface area contributed by atoms with Crippen molar-refractivity contribution in [2.75, 3.05) is 31.2 Å². The summed E-state index contributed by atoms with van der Waals surface area (Å²) >= 11 is 1.36. The Balaban J connectivity index is 1.90. The molecule has 1 atom stereocenters. The third-order valence-corrected chi connectivity index (χ3v) is 5.56. The van der Waals surface area contributed by atoms with Crippen LogP contribution in [-0.4, -0.2) is 52.0 Å². The molecule has 1 aromatic heterocycles. The number of aliphatic hydroxyl groups excluding tert-OH is 1. The summed E-state index contributed by atoms with van der Waals surface area (Å²) in [5.41, 5.74) is 1.79. The maximum Gasteiger partial charge on any atom is 0.416 e. The van der Waals surface area contributed by atoms with Crippen LogP contribution in [0.2, 0.25) is 0 Å². The highest BCUT2D eigenvalue weighted by Crippen LogP contribution is 2.31. The molecule has 1 aromatic carbocycles. The van der Waals surface area contributed by atoms with Gasteiger partial charge in [-0.25, -0.2) is 9.97 Å². The monoisotopic (exact) mass is 412 g/mol. The number of aliphatic hydroxyl groups is 1. The number of anilines is 2. The molecule has 0 saturated heterocycles. The molecule has 0 saturated carbocycles. The van der Waals surface area contributed by atoms with Gasteiger partial charge in [-0.15, -0.1) is 0 Å². The Hall–Kier alpha value is -1.84. The van der Waals surface area contributed by atoms with E-state index in [4.69, 9.17) is 0 Å². The maximum atomic E-state index is 12.8. The lowest BCUT2D eigenvalue weighted by atomic mass is 10.1. The second kappa shape index (κ2) is 8.67. The van der Waals surface area contributed by atoms with Crippen LogP contribution in [0.1, 0.15) is 23.7 Å². The fourth-order valence-corrected chi connectivity index (χ4v) is 3.65. The van der Waals surface area contributed by atoms with Gasteiger partial charge in [0.2, 0.25) is 0 Å². The van der Waals surface area contributed by atoms with Crippen molar-refractivity contribution < 1.29 is 18.3 Å². The number of benzene rings is 1. The van der Waals surface area contributed by atoms with E-state index in [1.165, 1.54) is 23.9 Å². The van der Waals surface area contributed by atoms with E-state index in [1.807, 2.05) is 7.05 Å². The summed E-state index contributed by atoms with van der Waals surface area (Å²) < 4.78 is 38.4. The van der Waals surface area contributed by atoms with Crippen LogP contribution in [0.5, 0.6) is 0 Å². The summed E-state index contributed by atoms with van der Waals surface area (Å²) in [5, 5.41) is 13.3. The van der Waals surface area contributed by atoms with Crippen LogP contribution in [0.4, 0.5) is 24.7 Å². The van der Waals surface area contributed by atoms with Crippen molar-refractivity contribution in [3.63, 3.8) is 0 Å². The molecule has 9 heteroatoms. The Morgan fingerprint density at radius 3 is 2.50 bits per heavy atom. The standard InChI is InChI=1S/C19H23F3N4OS/c1-12(27)11-28-18-24-16-8-10-26(2)9-7-15(16)17(25-18)23-14-5-3-13(4-6-14)19(20,21)22/h3-6,12,27H,7-11H2,1-2H3,(H,23,24,25). The molecular formula is C19H23F3N4OS. The zero-order valence-corrected chi connectivity index (χ0v) is 16.6. The zero-order valence-electron chi connectivity index (χ0n) is 15.8. The van der Waals surface area contributed by atoms with Gasteiger partial charge in [0.15, 0.2) is 5.16 Å². The number of hydrogen-bond donors (Lipinski definition) is 2. The van der Waals surface area contributed by atoms with E-state index in [2.05, 4.69) is 20.2 Å². The molecule has 2 heterocycles. The van der Waals surface area contributed by atoms with Gasteiger partial charge in [0.05, 0.1) is 17.4 Å². The minimum atomic E-state index is -4.36. The molecule has 0 bridgehead atoms. The topological polar surface area (TPSA) is 61.3 Å². The number of likely N-dealkylation sites (N-methyl/N-ethyl adjacent to an activating group) is 1. The Labute approximate surface area is 166 Å². The van der Waals surface area contributed by atoms with Crippen LogP contribution in [0.25, 0.3) is 0 Å². The number of rotatable bonds is 5. The minimum absolute atomic E-state index is 0.471. The predicted octanol–water partition coefficient (Wildman–Crippen LogP) is 3.74. The molecule has 1 aliphatic rings. The average molecular weight is 412 g/mol. The number of thioether (sulfide) groups is 1. The van der Waals surface area contributed by atoms with Crippen molar-refractivity contribution in [2.45, 2.75) is 37.2 Å². The molecule has 3 rings (SSSR count). The Kier molecular flexibility index (Phi) is 6.47. The lowest BCUT2D eigenvalue weighted by Gasteiger charge is -2.15. The third kappa shape index (κ3) is 5.36. The number of hydrogen-bond acceptors (Lipinski definition) is 6. The normalized spacial score (nSPS) is 16.4. The SMILES string of the molecule is CC(O)CSc1nc2c(c(Nc3ccc(C(F)(F)F)cc3)n1)CCN(C)CC2. The predicted molar refractivity (Wildman–Crippen MR) is 104 cm³/mol. The van der Waals surface area contributed by atoms with Crippen LogP contribution in [0.3, 0.4) is 0 Å². The van der Waals surface area contributed by atoms with Crippen molar-refractivity contribution in [1.82, 2.24) is 14.9 Å². The minimum Gasteiger partial charge on any atom is -0.393 e. The lowest BCUT2D eigenvalue weighted by molar-refractivity contribution is -0.137. The van der Waals surface area contributed by atoms with Gasteiger partial charge in [-0.2, -0.15) is 13.2 Å². The second-order valence-corrected chi connectivity index (χ2v) is 7.93. The molecule has 1 unspecified atom stereocenters. The molecule has 0 fully saturated rings.